The maximum absolute atomic E-state index is 6.03. The molecule has 0 fully saturated rings. The summed E-state index contributed by atoms with van der Waals surface area (Å²) in [6.45, 7) is 1.93. The molecule has 0 radical (unpaired) electrons. The number of hydrogen-bond donors (Lipinski definition) is 1. The topological polar surface area (TPSA) is 24.9 Å². The average Bonchev–Trinajstić information content (AvgIpc) is 2.20. The molecule has 0 atom stereocenters. The van der Waals surface area contributed by atoms with Crippen LogP contribution in [0.1, 0.15) is 12.1 Å². The molecular weight excluding hydrogens is 184 g/mol. The monoisotopic (exact) mass is 194 g/mol. The molecule has 1 aromatic heterocycles. The molecule has 0 bridgehead atoms. The molecule has 0 amide bonds. The summed E-state index contributed by atoms with van der Waals surface area (Å²) in [5.74, 6) is 0. The molecular formula is C10H11ClN2. The smallest absolute Gasteiger partial charge is 0.0845 e. The lowest BCUT2D eigenvalue weighted by Gasteiger charge is -2.13. The first kappa shape index (κ1) is 8.73. The Morgan fingerprint density at radius 3 is 3.08 bits per heavy atom. The minimum atomic E-state index is 0.746. The quantitative estimate of drug-likeness (QED) is 0.741. The third-order valence-electron chi connectivity index (χ3n) is 2.13. The summed E-state index contributed by atoms with van der Waals surface area (Å²) in [7, 11) is 0. The lowest BCUT2D eigenvalue weighted by molar-refractivity contribution is 0.737. The first-order valence-corrected chi connectivity index (χ1v) is 4.76. The Bertz CT molecular complexity index is 333. The summed E-state index contributed by atoms with van der Waals surface area (Å²) >= 11 is 6.03. The van der Waals surface area contributed by atoms with Crippen molar-refractivity contribution >= 4 is 17.2 Å². The van der Waals surface area contributed by atoms with Crippen LogP contribution in [0.5, 0.6) is 0 Å². The Kier molecular flexibility index (Phi) is 2.62. The summed E-state index contributed by atoms with van der Waals surface area (Å²) in [4.78, 5) is 4.27. The van der Waals surface area contributed by atoms with E-state index in [1.54, 1.807) is 6.20 Å². The van der Waals surface area contributed by atoms with Crippen molar-refractivity contribution in [1.29, 1.82) is 0 Å². The average molecular weight is 195 g/mol. The second-order valence-corrected chi connectivity index (χ2v) is 3.42. The van der Waals surface area contributed by atoms with Crippen LogP contribution in [0, 0.1) is 0 Å². The van der Waals surface area contributed by atoms with E-state index < -0.39 is 0 Å². The van der Waals surface area contributed by atoms with Gasteiger partial charge < -0.3 is 5.32 Å². The molecule has 0 unspecified atom stereocenters. The first-order valence-electron chi connectivity index (χ1n) is 4.38. The lowest BCUT2D eigenvalue weighted by Crippen LogP contribution is -2.20. The van der Waals surface area contributed by atoms with Crippen molar-refractivity contribution in [1.82, 2.24) is 10.3 Å². The Labute approximate surface area is 82.6 Å². The Morgan fingerprint density at radius 1 is 1.46 bits per heavy atom. The number of nitrogens with one attached hydrogen (secondary N) is 1. The van der Waals surface area contributed by atoms with E-state index in [9.17, 15) is 0 Å². The second-order valence-electron chi connectivity index (χ2n) is 3.02. The summed E-state index contributed by atoms with van der Waals surface area (Å²) < 4.78 is 0. The molecule has 0 saturated heterocycles. The number of pyridine rings is 1. The fraction of sp³-hybridized carbons (Fsp3) is 0.300. The molecule has 13 heavy (non-hydrogen) atoms. The zero-order valence-corrected chi connectivity index (χ0v) is 8.01. The van der Waals surface area contributed by atoms with E-state index in [2.05, 4.69) is 16.4 Å². The Morgan fingerprint density at radius 2 is 2.38 bits per heavy atom. The highest BCUT2D eigenvalue weighted by Gasteiger charge is 2.09. The van der Waals surface area contributed by atoms with E-state index in [1.165, 1.54) is 5.57 Å². The van der Waals surface area contributed by atoms with Crippen LogP contribution < -0.4 is 5.32 Å². The molecule has 68 valence electrons. The van der Waals surface area contributed by atoms with E-state index in [1.807, 2.05) is 12.1 Å². The van der Waals surface area contributed by atoms with Gasteiger partial charge in [0.15, 0.2) is 0 Å². The molecule has 1 aromatic rings. The van der Waals surface area contributed by atoms with Gasteiger partial charge in [0.05, 0.1) is 10.7 Å². The largest absolute Gasteiger partial charge is 0.313 e. The van der Waals surface area contributed by atoms with E-state index >= 15 is 0 Å². The molecule has 2 rings (SSSR count). The van der Waals surface area contributed by atoms with Crippen molar-refractivity contribution in [3.63, 3.8) is 0 Å². The molecule has 0 aliphatic carbocycles. The van der Waals surface area contributed by atoms with Gasteiger partial charge in [-0.25, -0.2) is 0 Å². The SMILES string of the molecule is Clc1cccnc1C1=CCNCC1. The molecule has 0 aromatic carbocycles. The zero-order valence-electron chi connectivity index (χ0n) is 7.26. The second kappa shape index (κ2) is 3.90. The van der Waals surface area contributed by atoms with E-state index in [0.717, 1.165) is 30.2 Å². The predicted molar refractivity (Wildman–Crippen MR) is 54.7 cm³/mol. The summed E-state index contributed by atoms with van der Waals surface area (Å²) in [6, 6.07) is 3.74. The van der Waals surface area contributed by atoms with Gasteiger partial charge in [0, 0.05) is 12.7 Å². The zero-order chi connectivity index (χ0) is 9.10. The number of rotatable bonds is 1. The normalized spacial score (nSPS) is 16.8. The molecule has 2 nitrogen and oxygen atoms in total. The van der Waals surface area contributed by atoms with Crippen molar-refractivity contribution in [2.24, 2.45) is 0 Å². The third kappa shape index (κ3) is 1.90. The van der Waals surface area contributed by atoms with Gasteiger partial charge in [-0.15, -0.1) is 0 Å². The minimum Gasteiger partial charge on any atom is -0.313 e. The van der Waals surface area contributed by atoms with Crippen molar-refractivity contribution in [2.45, 2.75) is 6.42 Å². The lowest BCUT2D eigenvalue weighted by atomic mass is 10.1. The van der Waals surface area contributed by atoms with Crippen molar-refractivity contribution in [2.75, 3.05) is 13.1 Å². The van der Waals surface area contributed by atoms with Gasteiger partial charge in [0.1, 0.15) is 0 Å². The van der Waals surface area contributed by atoms with Crippen molar-refractivity contribution in [3.8, 4) is 0 Å². The highest BCUT2D eigenvalue weighted by atomic mass is 35.5. The number of halogens is 1. The van der Waals surface area contributed by atoms with Gasteiger partial charge in [-0.3, -0.25) is 4.98 Å². The molecule has 2 heterocycles. The Hall–Kier alpha value is -0.860. The molecule has 0 saturated carbocycles. The molecule has 0 spiro atoms. The van der Waals surface area contributed by atoms with Crippen LogP contribution in [-0.2, 0) is 0 Å². The highest BCUT2D eigenvalue weighted by Crippen LogP contribution is 2.24. The fourth-order valence-corrected chi connectivity index (χ4v) is 1.70. The van der Waals surface area contributed by atoms with E-state index in [0.29, 0.717) is 0 Å². The fourth-order valence-electron chi connectivity index (χ4n) is 1.46. The third-order valence-corrected chi connectivity index (χ3v) is 2.43. The summed E-state index contributed by atoms with van der Waals surface area (Å²) in [5, 5.41) is 4.00. The summed E-state index contributed by atoms with van der Waals surface area (Å²) in [6.07, 6.45) is 4.94. The molecule has 1 aliphatic rings. The van der Waals surface area contributed by atoms with Gasteiger partial charge in [-0.05, 0) is 30.7 Å². The summed E-state index contributed by atoms with van der Waals surface area (Å²) in [5.41, 5.74) is 2.19. The minimum absolute atomic E-state index is 0.746. The highest BCUT2D eigenvalue weighted by molar-refractivity contribution is 6.32. The van der Waals surface area contributed by atoms with Crippen LogP contribution in [0.3, 0.4) is 0 Å². The van der Waals surface area contributed by atoms with E-state index in [-0.39, 0.29) is 0 Å². The van der Waals surface area contributed by atoms with Crippen LogP contribution in [-0.4, -0.2) is 18.1 Å². The van der Waals surface area contributed by atoms with E-state index in [4.69, 9.17) is 11.6 Å². The van der Waals surface area contributed by atoms with Gasteiger partial charge in [0.2, 0.25) is 0 Å². The van der Waals surface area contributed by atoms with Crippen molar-refractivity contribution < 1.29 is 0 Å². The van der Waals surface area contributed by atoms with Crippen LogP contribution in [0.2, 0.25) is 5.02 Å². The maximum Gasteiger partial charge on any atom is 0.0845 e. The standard InChI is InChI=1S/C10H11ClN2/c11-9-2-1-5-13-10(9)8-3-6-12-7-4-8/h1-3,5,12H,4,6-7H2. The van der Waals surface area contributed by atoms with Crippen molar-refractivity contribution in [3.05, 3.63) is 35.1 Å². The van der Waals surface area contributed by atoms with Crippen LogP contribution in [0.15, 0.2) is 24.4 Å². The number of aromatic nitrogens is 1. The van der Waals surface area contributed by atoms with Gasteiger partial charge in [-0.1, -0.05) is 17.7 Å². The number of nitrogens with zero attached hydrogens (tertiary/aromatic N) is 1. The molecule has 1 aliphatic heterocycles. The van der Waals surface area contributed by atoms with Gasteiger partial charge in [-0.2, -0.15) is 0 Å². The maximum atomic E-state index is 6.03. The van der Waals surface area contributed by atoms with Gasteiger partial charge >= 0.3 is 0 Å². The van der Waals surface area contributed by atoms with Gasteiger partial charge in [0.25, 0.3) is 0 Å². The predicted octanol–water partition coefficient (Wildman–Crippen LogP) is 2.11. The molecule has 1 N–H and O–H groups in total. The van der Waals surface area contributed by atoms with Crippen LogP contribution in [0.25, 0.3) is 5.57 Å². The van der Waals surface area contributed by atoms with Crippen LogP contribution in [0.4, 0.5) is 0 Å². The number of hydrogen-bond acceptors (Lipinski definition) is 2. The first-order chi connectivity index (χ1) is 6.38. The van der Waals surface area contributed by atoms with Crippen LogP contribution >= 0.6 is 11.6 Å². The molecule has 3 heteroatoms. The Balaban J connectivity index is 2.34.